The molecule has 0 amide bonds. The monoisotopic (exact) mass is 629 g/mol. The number of hydrogen-bond acceptors (Lipinski definition) is 7. The van der Waals surface area contributed by atoms with Crippen LogP contribution >= 0.6 is 0 Å². The number of allylic oxidation sites excluding steroid dienone is 4. The van der Waals surface area contributed by atoms with E-state index in [2.05, 4.69) is 48.4 Å². The van der Waals surface area contributed by atoms with Crippen molar-refractivity contribution in [2.45, 2.75) is 70.2 Å². The number of aromatic nitrogens is 3. The van der Waals surface area contributed by atoms with Crippen molar-refractivity contribution in [3.8, 4) is 5.75 Å². The molecule has 2 aliphatic heterocycles. The first-order valence-electron chi connectivity index (χ1n) is 15.8. The minimum atomic E-state index is -3.06. The van der Waals surface area contributed by atoms with Gasteiger partial charge < -0.3 is 24.6 Å². The van der Waals surface area contributed by atoms with Gasteiger partial charge in [0.2, 0.25) is 5.89 Å². The zero-order chi connectivity index (χ0) is 32.0. The highest BCUT2D eigenvalue weighted by molar-refractivity contribution is 5.79. The first kappa shape index (κ1) is 30.3. The van der Waals surface area contributed by atoms with Crippen LogP contribution in [0.25, 0.3) is 16.7 Å². The third-order valence-electron chi connectivity index (χ3n) is 9.83. The molecule has 2 fully saturated rings. The molecule has 4 atom stereocenters. The van der Waals surface area contributed by atoms with Gasteiger partial charge in [0.05, 0.1) is 11.7 Å². The molecule has 7 rings (SSSR count). The average Bonchev–Trinajstić information content (AvgIpc) is 3.85. The summed E-state index contributed by atoms with van der Waals surface area (Å²) in [4.78, 5) is 27.0. The zero-order valence-corrected chi connectivity index (χ0v) is 25.8. The van der Waals surface area contributed by atoms with Gasteiger partial charge in [0.25, 0.3) is 0 Å². The smallest absolute Gasteiger partial charge is 0.387 e. The number of benzene rings is 2. The second-order valence-corrected chi connectivity index (χ2v) is 12.5. The first-order valence-corrected chi connectivity index (χ1v) is 15.8. The van der Waals surface area contributed by atoms with E-state index >= 15 is 0 Å². The van der Waals surface area contributed by atoms with Crippen molar-refractivity contribution in [1.82, 2.24) is 25.2 Å². The van der Waals surface area contributed by atoms with Gasteiger partial charge in [-0.25, -0.2) is 9.97 Å². The van der Waals surface area contributed by atoms with Crippen LogP contribution in [0.2, 0.25) is 0 Å². The van der Waals surface area contributed by atoms with E-state index in [-0.39, 0.29) is 24.3 Å². The standard InChI is InChI=1S/C35H37F2N5O4/c1-20-8-3-4-9-23(20)24-10-5-13-35(21(24)2,30-18-39-31(41-30)25-11-6-14-38-25)33-40-26-16-22(19-42-15-7-12-27(42)32(43)44)28(46-34(36)37)17-29(26)45-33/h3-5,8-10,13,16-18,21,25,27,34,38H,6-7,11-12,14-15,19H2,1-2H3,(H,39,41)(H,43,44)/t21?,25-,27-,35?/m0/s1. The summed E-state index contributed by atoms with van der Waals surface area (Å²) in [7, 11) is 0. The summed E-state index contributed by atoms with van der Waals surface area (Å²) in [5, 5.41) is 13.2. The van der Waals surface area contributed by atoms with Crippen LogP contribution < -0.4 is 10.1 Å². The third-order valence-corrected chi connectivity index (χ3v) is 9.83. The number of carboxylic acid groups (broad SMARTS) is 1. The molecule has 240 valence electrons. The molecule has 2 aromatic carbocycles. The molecule has 4 heterocycles. The molecule has 46 heavy (non-hydrogen) atoms. The Morgan fingerprint density at radius 2 is 2.09 bits per heavy atom. The highest BCUT2D eigenvalue weighted by Crippen LogP contribution is 2.49. The van der Waals surface area contributed by atoms with E-state index in [0.29, 0.717) is 41.9 Å². The van der Waals surface area contributed by atoms with E-state index in [1.54, 1.807) is 11.0 Å². The van der Waals surface area contributed by atoms with Gasteiger partial charge in [-0.2, -0.15) is 8.78 Å². The minimum Gasteiger partial charge on any atom is -0.480 e. The Balaban J connectivity index is 1.35. The van der Waals surface area contributed by atoms with Crippen LogP contribution in [0.3, 0.4) is 0 Å². The Bertz CT molecular complexity index is 1820. The van der Waals surface area contributed by atoms with Gasteiger partial charge in [-0.3, -0.25) is 9.69 Å². The number of H-pyrrole nitrogens is 1. The molecule has 2 aromatic heterocycles. The Hall–Kier alpha value is -4.35. The number of aromatic amines is 1. The average molecular weight is 630 g/mol. The van der Waals surface area contributed by atoms with E-state index in [9.17, 15) is 18.7 Å². The maximum Gasteiger partial charge on any atom is 0.387 e. The minimum absolute atomic E-state index is 0.0563. The highest BCUT2D eigenvalue weighted by Gasteiger charge is 2.47. The summed E-state index contributed by atoms with van der Waals surface area (Å²) < 4.78 is 38.7. The quantitative estimate of drug-likeness (QED) is 0.192. The topological polar surface area (TPSA) is 117 Å². The second-order valence-electron chi connectivity index (χ2n) is 12.5. The molecule has 9 nitrogen and oxygen atoms in total. The van der Waals surface area contributed by atoms with Crippen molar-refractivity contribution in [1.29, 1.82) is 0 Å². The van der Waals surface area contributed by atoms with Gasteiger partial charge in [0, 0.05) is 30.3 Å². The van der Waals surface area contributed by atoms with Gasteiger partial charge in [-0.05, 0) is 68.5 Å². The van der Waals surface area contributed by atoms with Crippen molar-refractivity contribution >= 4 is 22.6 Å². The number of aryl methyl sites for hydroxylation is 1. The number of halogens is 2. The van der Waals surface area contributed by atoms with Crippen LogP contribution in [0.1, 0.15) is 72.7 Å². The van der Waals surface area contributed by atoms with E-state index in [1.807, 2.05) is 24.4 Å². The number of alkyl halides is 2. The number of likely N-dealkylation sites (tertiary alicyclic amines) is 1. The van der Waals surface area contributed by atoms with Crippen molar-refractivity contribution < 1.29 is 27.8 Å². The maximum absolute atomic E-state index is 13.6. The molecule has 1 aliphatic carbocycles. The van der Waals surface area contributed by atoms with Crippen LogP contribution in [0.15, 0.2) is 65.2 Å². The Morgan fingerprint density at radius 3 is 2.85 bits per heavy atom. The van der Waals surface area contributed by atoms with Crippen molar-refractivity contribution in [2.75, 3.05) is 13.1 Å². The number of oxazole rings is 1. The summed E-state index contributed by atoms with van der Waals surface area (Å²) in [6, 6.07) is 10.8. The summed E-state index contributed by atoms with van der Waals surface area (Å²) >= 11 is 0. The molecule has 3 N–H and O–H groups in total. The van der Waals surface area contributed by atoms with Gasteiger partial charge >= 0.3 is 12.6 Å². The van der Waals surface area contributed by atoms with E-state index < -0.39 is 24.0 Å². The Labute approximate surface area is 265 Å². The summed E-state index contributed by atoms with van der Waals surface area (Å²) in [6.45, 7) is 2.78. The molecule has 0 saturated carbocycles. The molecule has 2 unspecified atom stereocenters. The van der Waals surface area contributed by atoms with Gasteiger partial charge in [-0.1, -0.05) is 49.4 Å². The fourth-order valence-electron chi connectivity index (χ4n) is 7.41. The lowest BCUT2D eigenvalue weighted by Gasteiger charge is -2.37. The van der Waals surface area contributed by atoms with Crippen LogP contribution in [0, 0.1) is 12.8 Å². The number of hydrogen-bond donors (Lipinski definition) is 3. The number of aliphatic carboxylic acids is 1. The predicted octanol–water partition coefficient (Wildman–Crippen LogP) is 6.51. The number of imidazole rings is 1. The Kier molecular flexibility index (Phi) is 7.98. The van der Waals surface area contributed by atoms with Crippen LogP contribution in [0.5, 0.6) is 5.75 Å². The fraction of sp³-hybridized carbons (Fsp3) is 0.400. The zero-order valence-electron chi connectivity index (χ0n) is 25.8. The SMILES string of the molecule is Cc1ccccc1C1=CC=CC(c2cnc([C@@H]3CCCN3)[nH]2)(c2nc3cc(CN4CCC[C@H]4C(=O)O)c(OC(F)F)cc3o2)C1C. The summed E-state index contributed by atoms with van der Waals surface area (Å²) in [6.07, 6.45) is 11.3. The number of carboxylic acids is 1. The summed E-state index contributed by atoms with van der Waals surface area (Å²) in [5.74, 6) is 0.101. The lowest BCUT2D eigenvalue weighted by atomic mass is 9.66. The van der Waals surface area contributed by atoms with Gasteiger partial charge in [0.1, 0.15) is 28.5 Å². The van der Waals surface area contributed by atoms with Crippen molar-refractivity contribution in [3.05, 3.63) is 94.9 Å². The van der Waals surface area contributed by atoms with E-state index in [0.717, 1.165) is 47.6 Å². The van der Waals surface area contributed by atoms with Crippen LogP contribution in [-0.2, 0) is 16.8 Å². The number of nitrogens with one attached hydrogen (secondary N) is 2. The van der Waals surface area contributed by atoms with Gasteiger partial charge in [0.15, 0.2) is 5.58 Å². The molecule has 4 aromatic rings. The molecule has 0 radical (unpaired) electrons. The van der Waals surface area contributed by atoms with E-state index in [1.165, 1.54) is 6.07 Å². The number of nitrogens with zero attached hydrogens (tertiary/aromatic N) is 3. The lowest BCUT2D eigenvalue weighted by molar-refractivity contribution is -0.142. The van der Waals surface area contributed by atoms with E-state index in [4.69, 9.17) is 19.1 Å². The summed E-state index contributed by atoms with van der Waals surface area (Å²) in [5.41, 5.74) is 4.48. The number of ether oxygens (including phenoxy) is 1. The molecule has 11 heteroatoms. The van der Waals surface area contributed by atoms with Crippen molar-refractivity contribution in [3.63, 3.8) is 0 Å². The lowest BCUT2D eigenvalue weighted by Crippen LogP contribution is -2.36. The second kappa shape index (κ2) is 12.1. The predicted molar refractivity (Wildman–Crippen MR) is 169 cm³/mol. The van der Waals surface area contributed by atoms with Crippen LogP contribution in [0.4, 0.5) is 8.78 Å². The number of fused-ring (bicyclic) bond motifs is 1. The third kappa shape index (κ3) is 5.31. The Morgan fingerprint density at radius 1 is 1.24 bits per heavy atom. The first-order chi connectivity index (χ1) is 22.2. The number of carbonyl (C=O) groups is 1. The molecule has 2 saturated heterocycles. The molecule has 0 bridgehead atoms. The fourth-order valence-corrected chi connectivity index (χ4v) is 7.41. The molecule has 0 spiro atoms. The van der Waals surface area contributed by atoms with Crippen molar-refractivity contribution in [2.24, 2.45) is 5.92 Å². The molecular formula is C35H37F2N5O4. The molecule has 3 aliphatic rings. The number of rotatable bonds is 9. The molecular weight excluding hydrogens is 592 g/mol. The normalized spacial score (nSPS) is 25.1. The van der Waals surface area contributed by atoms with Gasteiger partial charge in [-0.15, -0.1) is 0 Å². The highest BCUT2D eigenvalue weighted by atomic mass is 19.3. The maximum atomic E-state index is 13.6. The largest absolute Gasteiger partial charge is 0.480 e. The van der Waals surface area contributed by atoms with Crippen LogP contribution in [-0.4, -0.2) is 56.7 Å².